The monoisotopic (exact) mass is 346 g/mol. The summed E-state index contributed by atoms with van der Waals surface area (Å²) < 4.78 is 10.3. The second kappa shape index (κ2) is 8.28. The molecule has 6 nitrogen and oxygen atoms in total. The van der Waals surface area contributed by atoms with E-state index in [0.717, 1.165) is 6.42 Å². The van der Waals surface area contributed by atoms with Crippen LogP contribution in [0.1, 0.15) is 35.7 Å². The molecule has 0 unspecified atom stereocenters. The number of hydrogen-bond donors (Lipinski definition) is 3. The molecule has 0 aliphatic carbocycles. The lowest BCUT2D eigenvalue weighted by Crippen LogP contribution is -2.02. The first-order valence-corrected chi connectivity index (χ1v) is 8.04. The molecule has 0 fully saturated rings. The number of carbonyl (C=O) groups is 1. The third-order valence-electron chi connectivity index (χ3n) is 3.75. The molecule has 0 aliphatic rings. The fourth-order valence-electron chi connectivity index (χ4n) is 2.42. The normalized spacial score (nSPS) is 10.5. The maximum Gasteiger partial charge on any atom is 0.163 e. The predicted octanol–water partition coefficient (Wildman–Crippen LogP) is 3.42. The van der Waals surface area contributed by atoms with Crippen LogP contribution in [0.4, 0.5) is 0 Å². The Bertz CT molecular complexity index is 731. The fraction of sp³-hybridized carbons (Fsp3) is 0.316. The van der Waals surface area contributed by atoms with Crippen LogP contribution < -0.4 is 9.47 Å². The Morgan fingerprint density at radius 2 is 1.72 bits per heavy atom. The molecule has 0 saturated carbocycles. The highest BCUT2D eigenvalue weighted by Crippen LogP contribution is 2.34. The van der Waals surface area contributed by atoms with Crippen molar-refractivity contribution in [3.05, 3.63) is 41.5 Å². The molecule has 0 saturated heterocycles. The van der Waals surface area contributed by atoms with Crippen molar-refractivity contribution in [2.45, 2.75) is 26.2 Å². The van der Waals surface area contributed by atoms with Crippen LogP contribution in [0.5, 0.6) is 28.7 Å². The lowest BCUT2D eigenvalue weighted by atomic mass is 10.0. The van der Waals surface area contributed by atoms with Gasteiger partial charge in [-0.15, -0.1) is 0 Å². The van der Waals surface area contributed by atoms with Crippen LogP contribution in [-0.4, -0.2) is 34.8 Å². The molecule has 0 spiro atoms. The Labute approximate surface area is 146 Å². The number of phenolic OH excluding ortho intramolecular Hbond substituents is 3. The standard InChI is InChI=1S/C19H22O6/c1-3-8-25-13-10-16(21)14(17(22)11-13)5-6-15(20)12-4-7-19(24-2)18(23)9-12/h4,7,9-11,21-23H,3,5-6,8H2,1-2H3. The van der Waals surface area contributed by atoms with Crippen molar-refractivity contribution in [2.24, 2.45) is 0 Å². The summed E-state index contributed by atoms with van der Waals surface area (Å²) >= 11 is 0. The predicted molar refractivity (Wildman–Crippen MR) is 92.9 cm³/mol. The van der Waals surface area contributed by atoms with Gasteiger partial charge in [0.05, 0.1) is 13.7 Å². The van der Waals surface area contributed by atoms with Crippen LogP contribution in [0.15, 0.2) is 30.3 Å². The largest absolute Gasteiger partial charge is 0.507 e. The molecule has 134 valence electrons. The Balaban J connectivity index is 2.07. The maximum absolute atomic E-state index is 12.3. The number of benzene rings is 2. The molecule has 0 bridgehead atoms. The first-order valence-electron chi connectivity index (χ1n) is 8.04. The van der Waals surface area contributed by atoms with E-state index in [4.69, 9.17) is 9.47 Å². The van der Waals surface area contributed by atoms with Crippen LogP contribution in [0.3, 0.4) is 0 Å². The number of aromatic hydroxyl groups is 3. The van der Waals surface area contributed by atoms with Gasteiger partial charge in [-0.3, -0.25) is 4.79 Å². The summed E-state index contributed by atoms with van der Waals surface area (Å²) in [5.41, 5.74) is 0.620. The molecule has 2 aromatic carbocycles. The highest BCUT2D eigenvalue weighted by molar-refractivity contribution is 5.96. The topological polar surface area (TPSA) is 96.2 Å². The molecule has 0 aliphatic heterocycles. The third-order valence-corrected chi connectivity index (χ3v) is 3.75. The van der Waals surface area contributed by atoms with Gasteiger partial charge in [-0.05, 0) is 31.0 Å². The molecule has 2 rings (SSSR count). The lowest BCUT2D eigenvalue weighted by molar-refractivity contribution is 0.0982. The van der Waals surface area contributed by atoms with E-state index in [9.17, 15) is 20.1 Å². The summed E-state index contributed by atoms with van der Waals surface area (Å²) in [6.45, 7) is 2.44. The highest BCUT2D eigenvalue weighted by atomic mass is 16.5. The average molecular weight is 346 g/mol. The summed E-state index contributed by atoms with van der Waals surface area (Å²) in [4.78, 5) is 12.3. The molecular formula is C19H22O6. The van der Waals surface area contributed by atoms with Gasteiger partial charge in [0.15, 0.2) is 17.3 Å². The SMILES string of the molecule is CCCOc1cc(O)c(CCC(=O)c2ccc(OC)c(O)c2)c(O)c1. The number of Topliss-reactive ketones (excluding diaryl/α,β-unsaturated/α-hetero) is 1. The van der Waals surface area contributed by atoms with Crippen molar-refractivity contribution in [1.82, 2.24) is 0 Å². The second-order valence-corrected chi connectivity index (χ2v) is 5.60. The minimum atomic E-state index is -0.219. The van der Waals surface area contributed by atoms with Gasteiger partial charge in [0.2, 0.25) is 0 Å². The Kier molecular flexibility index (Phi) is 6.11. The number of ether oxygens (including phenoxy) is 2. The number of ketones is 1. The van der Waals surface area contributed by atoms with E-state index in [2.05, 4.69) is 0 Å². The van der Waals surface area contributed by atoms with E-state index in [0.29, 0.717) is 17.9 Å². The van der Waals surface area contributed by atoms with Crippen molar-refractivity contribution in [1.29, 1.82) is 0 Å². The average Bonchev–Trinajstić information content (AvgIpc) is 2.58. The van der Waals surface area contributed by atoms with Crippen LogP contribution in [-0.2, 0) is 6.42 Å². The lowest BCUT2D eigenvalue weighted by Gasteiger charge is -2.11. The van der Waals surface area contributed by atoms with Crippen LogP contribution in [0, 0.1) is 0 Å². The zero-order valence-corrected chi connectivity index (χ0v) is 14.3. The quantitative estimate of drug-likeness (QED) is 0.634. The molecule has 0 amide bonds. The molecular weight excluding hydrogens is 324 g/mol. The van der Waals surface area contributed by atoms with E-state index in [1.807, 2.05) is 6.92 Å². The number of carbonyl (C=O) groups excluding carboxylic acids is 1. The molecule has 25 heavy (non-hydrogen) atoms. The van der Waals surface area contributed by atoms with Gasteiger partial charge < -0.3 is 24.8 Å². The van der Waals surface area contributed by atoms with Crippen LogP contribution in [0.2, 0.25) is 0 Å². The summed E-state index contributed by atoms with van der Waals surface area (Å²) in [6.07, 6.45) is 1.05. The van der Waals surface area contributed by atoms with Crippen molar-refractivity contribution >= 4 is 5.78 Å². The van der Waals surface area contributed by atoms with E-state index in [1.54, 1.807) is 6.07 Å². The number of phenols is 3. The molecule has 0 aromatic heterocycles. The van der Waals surface area contributed by atoms with Crippen LogP contribution in [0.25, 0.3) is 0 Å². The van der Waals surface area contributed by atoms with Gasteiger partial charge in [-0.1, -0.05) is 6.92 Å². The molecule has 3 N–H and O–H groups in total. The van der Waals surface area contributed by atoms with E-state index < -0.39 is 0 Å². The minimum absolute atomic E-state index is 0.0715. The third kappa shape index (κ3) is 4.56. The van der Waals surface area contributed by atoms with Crippen molar-refractivity contribution in [3.63, 3.8) is 0 Å². The second-order valence-electron chi connectivity index (χ2n) is 5.60. The number of methoxy groups -OCH3 is 1. The zero-order valence-electron chi connectivity index (χ0n) is 14.3. The first-order chi connectivity index (χ1) is 12.0. The minimum Gasteiger partial charge on any atom is -0.507 e. The first kappa shape index (κ1) is 18.4. The highest BCUT2D eigenvalue weighted by Gasteiger charge is 2.15. The van der Waals surface area contributed by atoms with Gasteiger partial charge in [-0.2, -0.15) is 0 Å². The van der Waals surface area contributed by atoms with Crippen molar-refractivity contribution in [2.75, 3.05) is 13.7 Å². The smallest absolute Gasteiger partial charge is 0.163 e. The zero-order chi connectivity index (χ0) is 18.4. The Morgan fingerprint density at radius 3 is 2.28 bits per heavy atom. The van der Waals surface area contributed by atoms with Crippen molar-refractivity contribution in [3.8, 4) is 28.7 Å². The molecule has 6 heteroatoms. The van der Waals surface area contributed by atoms with E-state index in [1.165, 1.54) is 31.4 Å². The van der Waals surface area contributed by atoms with Gasteiger partial charge >= 0.3 is 0 Å². The Hall–Kier alpha value is -2.89. The van der Waals surface area contributed by atoms with Crippen LogP contribution >= 0.6 is 0 Å². The van der Waals surface area contributed by atoms with Gasteiger partial charge in [0.1, 0.15) is 17.2 Å². The number of hydrogen-bond acceptors (Lipinski definition) is 6. The summed E-state index contributed by atoms with van der Waals surface area (Å²) in [6, 6.07) is 7.25. The summed E-state index contributed by atoms with van der Waals surface area (Å²) in [5.74, 6) is 0.106. The van der Waals surface area contributed by atoms with Crippen molar-refractivity contribution < 1.29 is 29.6 Å². The maximum atomic E-state index is 12.3. The van der Waals surface area contributed by atoms with Gasteiger partial charge in [0.25, 0.3) is 0 Å². The van der Waals surface area contributed by atoms with E-state index >= 15 is 0 Å². The summed E-state index contributed by atoms with van der Waals surface area (Å²) in [7, 11) is 1.43. The fourth-order valence-corrected chi connectivity index (χ4v) is 2.42. The number of rotatable bonds is 8. The molecule has 2 aromatic rings. The molecule has 0 atom stereocenters. The molecule has 0 heterocycles. The molecule has 0 radical (unpaired) electrons. The van der Waals surface area contributed by atoms with Gasteiger partial charge in [0, 0.05) is 29.7 Å². The van der Waals surface area contributed by atoms with E-state index in [-0.39, 0.29) is 47.2 Å². The summed E-state index contributed by atoms with van der Waals surface area (Å²) in [5, 5.41) is 29.9. The Morgan fingerprint density at radius 1 is 1.04 bits per heavy atom. The van der Waals surface area contributed by atoms with Gasteiger partial charge in [-0.25, -0.2) is 0 Å².